The van der Waals surface area contributed by atoms with E-state index in [9.17, 15) is 4.79 Å². The molecule has 0 radical (unpaired) electrons. The molecule has 0 bridgehead atoms. The van der Waals surface area contributed by atoms with Crippen LogP contribution in [0.2, 0.25) is 0 Å². The number of nitrogens with one attached hydrogen (secondary N) is 1. The molecule has 1 amide bonds. The second-order valence-corrected chi connectivity index (χ2v) is 7.31. The molecule has 1 fully saturated rings. The van der Waals surface area contributed by atoms with Crippen LogP contribution in [-0.4, -0.2) is 22.7 Å². The van der Waals surface area contributed by atoms with Crippen LogP contribution in [0, 0.1) is 0 Å². The lowest BCUT2D eigenvalue weighted by atomic mass is 9.78. The Bertz CT molecular complexity index is 945. The first-order valence-electron chi connectivity index (χ1n) is 10.1. The van der Waals surface area contributed by atoms with Crippen LogP contribution in [0.3, 0.4) is 0 Å². The number of hydrogen-bond acceptors (Lipinski definition) is 5. The summed E-state index contributed by atoms with van der Waals surface area (Å²) in [7, 11) is 0. The van der Waals surface area contributed by atoms with Crippen molar-refractivity contribution >= 4 is 5.91 Å². The van der Waals surface area contributed by atoms with Crippen LogP contribution in [0.15, 0.2) is 59.1 Å². The van der Waals surface area contributed by atoms with Gasteiger partial charge in [-0.15, -0.1) is 0 Å². The van der Waals surface area contributed by atoms with Gasteiger partial charge in [0, 0.05) is 5.56 Å². The number of nitrogens with zero attached hydrogens (tertiary/aromatic N) is 2. The Labute approximate surface area is 170 Å². The zero-order valence-electron chi connectivity index (χ0n) is 16.6. The van der Waals surface area contributed by atoms with E-state index >= 15 is 0 Å². The molecule has 4 rings (SSSR count). The van der Waals surface area contributed by atoms with Crippen molar-refractivity contribution in [2.45, 2.75) is 44.6 Å². The van der Waals surface area contributed by atoms with Gasteiger partial charge in [0.15, 0.2) is 0 Å². The topological polar surface area (TPSA) is 77.3 Å². The fourth-order valence-corrected chi connectivity index (χ4v) is 4.02. The first kappa shape index (κ1) is 19.2. The third-order valence-corrected chi connectivity index (χ3v) is 5.51. The van der Waals surface area contributed by atoms with Crippen LogP contribution in [0.25, 0.3) is 11.4 Å². The molecule has 1 aliphatic rings. The van der Waals surface area contributed by atoms with E-state index < -0.39 is 5.41 Å². The monoisotopic (exact) mass is 391 g/mol. The average molecular weight is 391 g/mol. The molecule has 1 aromatic heterocycles. The van der Waals surface area contributed by atoms with Crippen molar-refractivity contribution in [3.05, 3.63) is 66.1 Å². The minimum absolute atomic E-state index is 0.0296. The highest BCUT2D eigenvalue weighted by Crippen LogP contribution is 2.41. The highest BCUT2D eigenvalue weighted by Gasteiger charge is 2.42. The minimum Gasteiger partial charge on any atom is -0.494 e. The standard InChI is InChI=1S/C23H25N3O3/c1-2-28-19-12-10-17(11-13-19)21-25-20(29-26-21)16-24-22(27)23(14-6-7-15-23)18-8-4-3-5-9-18/h3-5,8-13H,2,6-7,14-16H2,1H3,(H,24,27). The van der Waals surface area contributed by atoms with E-state index in [0.29, 0.717) is 18.3 Å². The Morgan fingerprint density at radius 3 is 2.52 bits per heavy atom. The largest absolute Gasteiger partial charge is 0.494 e. The summed E-state index contributed by atoms with van der Waals surface area (Å²) in [6, 6.07) is 17.6. The molecule has 1 N–H and O–H groups in total. The maximum atomic E-state index is 13.1. The zero-order chi connectivity index (χ0) is 20.1. The van der Waals surface area contributed by atoms with Crippen LogP contribution >= 0.6 is 0 Å². The molecule has 0 aliphatic heterocycles. The van der Waals surface area contributed by atoms with Crippen molar-refractivity contribution in [2.75, 3.05) is 6.61 Å². The Hall–Kier alpha value is -3.15. The van der Waals surface area contributed by atoms with Crippen LogP contribution in [0.1, 0.15) is 44.1 Å². The second-order valence-electron chi connectivity index (χ2n) is 7.31. The van der Waals surface area contributed by atoms with E-state index in [-0.39, 0.29) is 12.5 Å². The maximum Gasteiger partial charge on any atom is 0.246 e. The fraction of sp³-hybridized carbons (Fsp3) is 0.348. The molecule has 2 aromatic carbocycles. The molecule has 0 unspecified atom stereocenters. The van der Waals surface area contributed by atoms with Gasteiger partial charge in [-0.2, -0.15) is 4.98 Å². The van der Waals surface area contributed by atoms with E-state index in [1.807, 2.05) is 61.5 Å². The number of aromatic nitrogens is 2. The summed E-state index contributed by atoms with van der Waals surface area (Å²) in [6.07, 6.45) is 3.85. The summed E-state index contributed by atoms with van der Waals surface area (Å²) in [5, 5.41) is 7.05. The van der Waals surface area contributed by atoms with Crippen LogP contribution < -0.4 is 10.1 Å². The van der Waals surface area contributed by atoms with Crippen LogP contribution in [0.4, 0.5) is 0 Å². The van der Waals surface area contributed by atoms with Gasteiger partial charge in [-0.25, -0.2) is 0 Å². The lowest BCUT2D eigenvalue weighted by molar-refractivity contribution is -0.127. The third kappa shape index (κ3) is 4.01. The van der Waals surface area contributed by atoms with Gasteiger partial charge >= 0.3 is 0 Å². The van der Waals surface area contributed by atoms with Gasteiger partial charge in [0.25, 0.3) is 0 Å². The maximum absolute atomic E-state index is 13.1. The molecular weight excluding hydrogens is 366 g/mol. The molecule has 1 saturated carbocycles. The molecule has 1 aliphatic carbocycles. The second kappa shape index (κ2) is 8.47. The lowest BCUT2D eigenvalue weighted by Gasteiger charge is -2.28. The molecule has 0 spiro atoms. The number of ether oxygens (including phenoxy) is 1. The Balaban J connectivity index is 1.43. The Morgan fingerprint density at radius 2 is 1.83 bits per heavy atom. The first-order chi connectivity index (χ1) is 14.2. The number of carbonyl (C=O) groups excluding carboxylic acids is 1. The highest BCUT2D eigenvalue weighted by molar-refractivity contribution is 5.88. The van der Waals surface area contributed by atoms with Crippen LogP contribution in [0.5, 0.6) is 5.75 Å². The van der Waals surface area contributed by atoms with E-state index in [4.69, 9.17) is 9.26 Å². The average Bonchev–Trinajstić information content (AvgIpc) is 3.44. The van der Waals surface area contributed by atoms with Crippen molar-refractivity contribution < 1.29 is 14.1 Å². The summed E-state index contributed by atoms with van der Waals surface area (Å²) in [4.78, 5) is 17.5. The highest BCUT2D eigenvalue weighted by atomic mass is 16.5. The molecule has 3 aromatic rings. The normalized spacial score (nSPS) is 15.2. The van der Waals surface area contributed by atoms with Crippen molar-refractivity contribution in [3.8, 4) is 17.1 Å². The third-order valence-electron chi connectivity index (χ3n) is 5.51. The molecule has 6 nitrogen and oxygen atoms in total. The summed E-state index contributed by atoms with van der Waals surface area (Å²) >= 11 is 0. The van der Waals surface area contributed by atoms with Crippen molar-refractivity contribution in [2.24, 2.45) is 0 Å². The van der Waals surface area contributed by atoms with Gasteiger partial charge in [0.2, 0.25) is 17.6 Å². The van der Waals surface area contributed by atoms with E-state index in [1.165, 1.54) is 0 Å². The van der Waals surface area contributed by atoms with Gasteiger partial charge in [-0.05, 0) is 49.6 Å². The molecular formula is C23H25N3O3. The van der Waals surface area contributed by atoms with Gasteiger partial charge in [0.1, 0.15) is 5.75 Å². The summed E-state index contributed by atoms with van der Waals surface area (Å²) in [5.74, 6) is 1.72. The SMILES string of the molecule is CCOc1ccc(-c2noc(CNC(=O)C3(c4ccccc4)CCCC3)n2)cc1. The molecule has 1 heterocycles. The fourth-order valence-electron chi connectivity index (χ4n) is 4.02. The molecule has 150 valence electrons. The summed E-state index contributed by atoms with van der Waals surface area (Å²) < 4.78 is 10.8. The van der Waals surface area contributed by atoms with Crippen LogP contribution in [-0.2, 0) is 16.8 Å². The zero-order valence-corrected chi connectivity index (χ0v) is 16.6. The molecule has 29 heavy (non-hydrogen) atoms. The quantitative estimate of drug-likeness (QED) is 0.651. The lowest BCUT2D eigenvalue weighted by Crippen LogP contribution is -2.42. The van der Waals surface area contributed by atoms with E-state index in [0.717, 1.165) is 42.6 Å². The van der Waals surface area contributed by atoms with E-state index in [1.54, 1.807) is 0 Å². The number of amides is 1. The number of rotatable bonds is 7. The number of benzene rings is 2. The molecule has 0 atom stereocenters. The first-order valence-corrected chi connectivity index (χ1v) is 10.1. The van der Waals surface area contributed by atoms with Crippen molar-refractivity contribution in [1.82, 2.24) is 15.5 Å². The number of carbonyl (C=O) groups is 1. The number of hydrogen-bond donors (Lipinski definition) is 1. The van der Waals surface area contributed by atoms with E-state index in [2.05, 4.69) is 15.5 Å². The summed E-state index contributed by atoms with van der Waals surface area (Å²) in [5.41, 5.74) is 1.46. The van der Waals surface area contributed by atoms with Crippen molar-refractivity contribution in [1.29, 1.82) is 0 Å². The molecule has 6 heteroatoms. The Kier molecular flexibility index (Phi) is 5.60. The predicted octanol–water partition coefficient (Wildman–Crippen LogP) is 4.26. The van der Waals surface area contributed by atoms with Gasteiger partial charge < -0.3 is 14.6 Å². The van der Waals surface area contributed by atoms with Crippen molar-refractivity contribution in [3.63, 3.8) is 0 Å². The predicted molar refractivity (Wildman–Crippen MR) is 109 cm³/mol. The van der Waals surface area contributed by atoms with Gasteiger partial charge in [-0.1, -0.05) is 48.3 Å². The van der Waals surface area contributed by atoms with Gasteiger partial charge in [0.05, 0.1) is 18.6 Å². The summed E-state index contributed by atoms with van der Waals surface area (Å²) in [6.45, 7) is 2.79. The Morgan fingerprint density at radius 1 is 1.10 bits per heavy atom. The van der Waals surface area contributed by atoms with Gasteiger partial charge in [-0.3, -0.25) is 4.79 Å². The molecule has 0 saturated heterocycles. The minimum atomic E-state index is -0.459. The smallest absolute Gasteiger partial charge is 0.246 e.